The van der Waals surface area contributed by atoms with Gasteiger partial charge in [0, 0.05) is 5.56 Å². The minimum Gasteiger partial charge on any atom is -0.445 e. The lowest BCUT2D eigenvalue weighted by Crippen LogP contribution is -2.33. The zero-order valence-corrected chi connectivity index (χ0v) is 16.0. The maximum atomic E-state index is 12.9. The molecule has 1 aromatic heterocycles. The molecule has 0 amide bonds. The van der Waals surface area contributed by atoms with E-state index in [0.29, 0.717) is 5.89 Å². The fraction of sp³-hybridized carbons (Fsp3) is 0.364. The highest BCUT2D eigenvalue weighted by molar-refractivity contribution is 5.61. The molecule has 0 saturated carbocycles. The first-order chi connectivity index (χ1) is 12.9. The van der Waals surface area contributed by atoms with Gasteiger partial charge >= 0.3 is 0 Å². The smallest absolute Gasteiger partial charge is 0.246 e. The number of fused-ring (bicyclic) bond motifs is 1. The third-order valence-corrected chi connectivity index (χ3v) is 4.80. The number of allylic oxidation sites excluding steroid dienone is 4. The largest absolute Gasteiger partial charge is 0.445 e. The number of hydrogen-bond donors (Lipinski definition) is 0. The number of alkyl halides is 2. The fourth-order valence-corrected chi connectivity index (χ4v) is 2.96. The quantitative estimate of drug-likeness (QED) is 0.723. The molecule has 1 aromatic carbocycles. The van der Waals surface area contributed by atoms with Gasteiger partial charge in [-0.1, -0.05) is 48.9 Å². The van der Waals surface area contributed by atoms with Crippen LogP contribution in [0.15, 0.2) is 51.4 Å². The third-order valence-electron chi connectivity index (χ3n) is 4.80. The summed E-state index contributed by atoms with van der Waals surface area (Å²) >= 11 is 0. The fourth-order valence-electron chi connectivity index (χ4n) is 2.96. The van der Waals surface area contributed by atoms with Crippen molar-refractivity contribution in [1.82, 2.24) is 4.98 Å². The van der Waals surface area contributed by atoms with Crippen molar-refractivity contribution in [3.63, 3.8) is 0 Å². The van der Waals surface area contributed by atoms with Gasteiger partial charge < -0.3 is 4.42 Å². The Morgan fingerprint density at radius 2 is 2.11 bits per heavy atom. The van der Waals surface area contributed by atoms with Gasteiger partial charge in [-0.25, -0.2) is 13.8 Å². The average molecular weight is 370 g/mol. The Kier molecular flexibility index (Phi) is 5.68. The van der Waals surface area contributed by atoms with Gasteiger partial charge in [-0.3, -0.25) is 4.99 Å². The van der Waals surface area contributed by atoms with Gasteiger partial charge in [0.15, 0.2) is 0 Å². The number of aryl methyl sites for hydroxylation is 1. The molecule has 0 saturated heterocycles. The van der Waals surface area contributed by atoms with Crippen LogP contribution < -0.4 is 10.6 Å². The monoisotopic (exact) mass is 370 g/mol. The molecular formula is C22H24F2N2O. The van der Waals surface area contributed by atoms with Crippen LogP contribution in [0.1, 0.15) is 38.3 Å². The van der Waals surface area contributed by atoms with Crippen LogP contribution in [-0.2, 0) is 0 Å². The van der Waals surface area contributed by atoms with Gasteiger partial charge in [0.25, 0.3) is 0 Å². The SMILES string of the molecule is CC=C(C)C=CC(C)c1nc(-c2ccc3c(c2)=NCC(C(F)F)C=3)c(C)o1. The van der Waals surface area contributed by atoms with Crippen molar-refractivity contribution < 1.29 is 13.2 Å². The van der Waals surface area contributed by atoms with E-state index < -0.39 is 12.3 Å². The molecule has 2 unspecified atom stereocenters. The third kappa shape index (κ3) is 4.24. The second kappa shape index (κ2) is 7.99. The van der Waals surface area contributed by atoms with E-state index in [-0.39, 0.29) is 12.5 Å². The Balaban J connectivity index is 1.92. The van der Waals surface area contributed by atoms with E-state index in [4.69, 9.17) is 4.42 Å². The van der Waals surface area contributed by atoms with E-state index in [1.807, 2.05) is 52.0 Å². The Hall–Kier alpha value is -2.56. The van der Waals surface area contributed by atoms with E-state index in [1.54, 1.807) is 6.08 Å². The molecule has 2 atom stereocenters. The molecule has 0 radical (unpaired) electrons. The normalized spacial score (nSPS) is 18.3. The average Bonchev–Trinajstić information content (AvgIpc) is 3.06. The topological polar surface area (TPSA) is 38.4 Å². The Labute approximate surface area is 157 Å². The highest BCUT2D eigenvalue weighted by Crippen LogP contribution is 2.26. The zero-order chi connectivity index (χ0) is 19.6. The van der Waals surface area contributed by atoms with Gasteiger partial charge in [0.05, 0.1) is 23.7 Å². The maximum absolute atomic E-state index is 12.9. The number of nitrogens with zero attached hydrogens (tertiary/aromatic N) is 2. The minimum absolute atomic E-state index is 0.0507. The van der Waals surface area contributed by atoms with Crippen LogP contribution in [0.2, 0.25) is 0 Å². The Bertz CT molecular complexity index is 1000. The lowest BCUT2D eigenvalue weighted by molar-refractivity contribution is 0.110. The van der Waals surface area contributed by atoms with Crippen LogP contribution in [-0.4, -0.2) is 18.0 Å². The molecule has 0 aliphatic carbocycles. The number of benzene rings is 1. The number of rotatable bonds is 5. The summed E-state index contributed by atoms with van der Waals surface area (Å²) in [5, 5.41) is 1.47. The van der Waals surface area contributed by atoms with E-state index in [0.717, 1.165) is 27.6 Å². The molecule has 142 valence electrons. The molecule has 2 heterocycles. The number of aromatic nitrogens is 1. The summed E-state index contributed by atoms with van der Waals surface area (Å²) in [6.07, 6.45) is 5.38. The summed E-state index contributed by atoms with van der Waals surface area (Å²) in [4.78, 5) is 8.99. The van der Waals surface area contributed by atoms with Crippen molar-refractivity contribution >= 4 is 6.08 Å². The zero-order valence-electron chi connectivity index (χ0n) is 16.0. The first-order valence-electron chi connectivity index (χ1n) is 9.12. The van der Waals surface area contributed by atoms with E-state index in [1.165, 1.54) is 5.57 Å². The number of oxazole rings is 1. The van der Waals surface area contributed by atoms with Crippen molar-refractivity contribution in [2.24, 2.45) is 10.9 Å². The van der Waals surface area contributed by atoms with Crippen LogP contribution in [0, 0.1) is 12.8 Å². The minimum atomic E-state index is -2.39. The molecule has 3 rings (SSSR count). The van der Waals surface area contributed by atoms with Crippen LogP contribution >= 0.6 is 0 Å². The van der Waals surface area contributed by atoms with Crippen LogP contribution in [0.4, 0.5) is 8.78 Å². The van der Waals surface area contributed by atoms with Crippen molar-refractivity contribution in [2.45, 2.75) is 40.0 Å². The predicted molar refractivity (Wildman–Crippen MR) is 103 cm³/mol. The summed E-state index contributed by atoms with van der Waals surface area (Å²) < 4.78 is 31.7. The molecule has 0 bridgehead atoms. The lowest BCUT2D eigenvalue weighted by atomic mass is 10.0. The molecule has 0 N–H and O–H groups in total. The summed E-state index contributed by atoms with van der Waals surface area (Å²) in [6, 6.07) is 5.61. The molecule has 27 heavy (non-hydrogen) atoms. The molecule has 2 aromatic rings. The summed E-state index contributed by atoms with van der Waals surface area (Å²) in [6.45, 7) is 8.08. The predicted octanol–water partition coefficient (Wildman–Crippen LogP) is 4.57. The number of hydrogen-bond acceptors (Lipinski definition) is 3. The van der Waals surface area contributed by atoms with E-state index >= 15 is 0 Å². The van der Waals surface area contributed by atoms with Crippen molar-refractivity contribution in [1.29, 1.82) is 0 Å². The van der Waals surface area contributed by atoms with Crippen molar-refractivity contribution in [3.8, 4) is 11.3 Å². The molecule has 5 heteroatoms. The van der Waals surface area contributed by atoms with Crippen LogP contribution in [0.3, 0.4) is 0 Å². The summed E-state index contributed by atoms with van der Waals surface area (Å²) in [5.74, 6) is 0.631. The van der Waals surface area contributed by atoms with Gasteiger partial charge in [-0.2, -0.15) is 0 Å². The number of halogens is 2. The second-order valence-electron chi connectivity index (χ2n) is 6.92. The molecule has 0 spiro atoms. The lowest BCUT2D eigenvalue weighted by Gasteiger charge is -2.12. The summed E-state index contributed by atoms with van der Waals surface area (Å²) in [7, 11) is 0. The molecule has 1 aliphatic rings. The van der Waals surface area contributed by atoms with Gasteiger partial charge in [-0.15, -0.1) is 0 Å². The molecular weight excluding hydrogens is 346 g/mol. The van der Waals surface area contributed by atoms with E-state index in [2.05, 4.69) is 22.1 Å². The van der Waals surface area contributed by atoms with E-state index in [9.17, 15) is 8.78 Å². The first kappa shape index (κ1) is 19.2. The molecule has 0 fully saturated rings. The summed E-state index contributed by atoms with van der Waals surface area (Å²) in [5.41, 5.74) is 2.83. The Morgan fingerprint density at radius 3 is 2.81 bits per heavy atom. The standard InChI is InChI=1S/C22H24F2N2O/c1-5-13(2)6-7-14(3)22-26-20(15(4)27-22)17-9-8-16-10-18(21(23)24)12-25-19(16)11-17/h5-11,14,18,21H,12H2,1-4H3. The van der Waals surface area contributed by atoms with Gasteiger partial charge in [-0.05, 0) is 32.1 Å². The van der Waals surface area contributed by atoms with Crippen LogP contribution in [0.5, 0.6) is 0 Å². The maximum Gasteiger partial charge on any atom is 0.246 e. The Morgan fingerprint density at radius 1 is 1.33 bits per heavy atom. The first-order valence-corrected chi connectivity index (χ1v) is 9.12. The highest BCUT2D eigenvalue weighted by Gasteiger charge is 2.20. The second-order valence-corrected chi connectivity index (χ2v) is 6.92. The molecule has 1 aliphatic heterocycles. The highest BCUT2D eigenvalue weighted by atomic mass is 19.3. The van der Waals surface area contributed by atoms with Crippen LogP contribution in [0.25, 0.3) is 17.3 Å². The van der Waals surface area contributed by atoms with Crippen molar-refractivity contribution in [2.75, 3.05) is 6.54 Å². The molecule has 3 nitrogen and oxygen atoms in total. The van der Waals surface area contributed by atoms with Crippen molar-refractivity contribution in [3.05, 3.63) is 64.2 Å². The van der Waals surface area contributed by atoms with Gasteiger partial charge in [0.2, 0.25) is 12.3 Å². The van der Waals surface area contributed by atoms with Gasteiger partial charge in [0.1, 0.15) is 11.5 Å².